The van der Waals surface area contributed by atoms with E-state index in [1.807, 2.05) is 6.20 Å². The van der Waals surface area contributed by atoms with Gasteiger partial charge in [0.2, 0.25) is 0 Å². The van der Waals surface area contributed by atoms with Crippen LogP contribution >= 0.6 is 11.3 Å². The Hall–Kier alpha value is -2.31. The molecule has 6 heteroatoms. The number of likely N-dealkylation sites (tertiary alicyclic amines) is 1. The highest BCUT2D eigenvalue weighted by molar-refractivity contribution is 7.15. The number of thiazole rings is 1. The van der Waals surface area contributed by atoms with Crippen molar-refractivity contribution in [3.8, 4) is 16.6 Å². The van der Waals surface area contributed by atoms with Crippen molar-refractivity contribution in [1.82, 2.24) is 19.9 Å². The average Bonchev–Trinajstić information content (AvgIpc) is 3.13. The monoisotopic (exact) mass is 366 g/mol. The summed E-state index contributed by atoms with van der Waals surface area (Å²) in [4.78, 5) is 16.7. The fourth-order valence-electron chi connectivity index (χ4n) is 3.22. The van der Waals surface area contributed by atoms with Gasteiger partial charge >= 0.3 is 6.01 Å². The highest BCUT2D eigenvalue weighted by Gasteiger charge is 2.22. The maximum absolute atomic E-state index is 5.87. The van der Waals surface area contributed by atoms with Gasteiger partial charge in [0.25, 0.3) is 0 Å². The Morgan fingerprint density at radius 2 is 1.85 bits per heavy atom. The van der Waals surface area contributed by atoms with E-state index in [0.29, 0.717) is 6.01 Å². The molecular weight excluding hydrogens is 344 g/mol. The largest absolute Gasteiger partial charge is 0.460 e. The first-order chi connectivity index (χ1) is 12.8. The molecule has 3 aromatic rings. The first kappa shape index (κ1) is 17.1. The van der Waals surface area contributed by atoms with E-state index >= 15 is 0 Å². The van der Waals surface area contributed by atoms with Crippen molar-refractivity contribution in [2.75, 3.05) is 13.1 Å². The second kappa shape index (κ2) is 7.93. The van der Waals surface area contributed by atoms with Gasteiger partial charge in [-0.05, 0) is 31.4 Å². The molecule has 4 rings (SSSR count). The van der Waals surface area contributed by atoms with Gasteiger partial charge in [0.15, 0.2) is 0 Å². The Labute approximate surface area is 157 Å². The Morgan fingerprint density at radius 1 is 1.08 bits per heavy atom. The molecule has 0 N–H and O–H groups in total. The van der Waals surface area contributed by atoms with Crippen molar-refractivity contribution < 1.29 is 4.74 Å². The molecule has 1 aliphatic heterocycles. The summed E-state index contributed by atoms with van der Waals surface area (Å²) in [6.45, 7) is 5.14. The lowest BCUT2D eigenvalue weighted by atomic mass is 10.1. The molecular formula is C20H22N4OS. The highest BCUT2D eigenvalue weighted by Crippen LogP contribution is 2.29. The number of hydrogen-bond donors (Lipinski definition) is 0. The van der Waals surface area contributed by atoms with E-state index in [2.05, 4.69) is 51.0 Å². The van der Waals surface area contributed by atoms with Crippen LogP contribution in [0.1, 0.15) is 23.3 Å². The van der Waals surface area contributed by atoms with E-state index in [0.717, 1.165) is 37.5 Å². The van der Waals surface area contributed by atoms with E-state index in [-0.39, 0.29) is 6.10 Å². The highest BCUT2D eigenvalue weighted by atomic mass is 32.1. The third-order valence-corrected chi connectivity index (χ3v) is 5.67. The van der Waals surface area contributed by atoms with E-state index < -0.39 is 0 Å². The molecule has 26 heavy (non-hydrogen) atoms. The van der Waals surface area contributed by atoms with Crippen molar-refractivity contribution in [1.29, 1.82) is 0 Å². The van der Waals surface area contributed by atoms with Crippen LogP contribution < -0.4 is 4.74 Å². The Morgan fingerprint density at radius 3 is 2.62 bits per heavy atom. The van der Waals surface area contributed by atoms with Crippen molar-refractivity contribution >= 4 is 11.3 Å². The molecule has 2 aromatic heterocycles. The summed E-state index contributed by atoms with van der Waals surface area (Å²) in [5, 5.41) is 1.11. The summed E-state index contributed by atoms with van der Waals surface area (Å²) in [5.74, 6) is 0. The van der Waals surface area contributed by atoms with Crippen LogP contribution in [-0.2, 0) is 6.54 Å². The molecule has 0 saturated carbocycles. The van der Waals surface area contributed by atoms with Crippen LogP contribution in [0.2, 0.25) is 0 Å². The van der Waals surface area contributed by atoms with Crippen LogP contribution in [0, 0.1) is 6.92 Å². The molecule has 0 radical (unpaired) electrons. The molecule has 0 unspecified atom stereocenters. The minimum Gasteiger partial charge on any atom is -0.460 e. The minimum atomic E-state index is 0.206. The molecule has 0 bridgehead atoms. The van der Waals surface area contributed by atoms with Crippen molar-refractivity contribution in [2.45, 2.75) is 32.4 Å². The molecule has 1 aromatic carbocycles. The van der Waals surface area contributed by atoms with Gasteiger partial charge in [0, 0.05) is 48.7 Å². The zero-order chi connectivity index (χ0) is 17.8. The lowest BCUT2D eigenvalue weighted by Crippen LogP contribution is -2.37. The van der Waals surface area contributed by atoms with Gasteiger partial charge in [-0.2, -0.15) is 0 Å². The Bertz CT molecular complexity index is 844. The van der Waals surface area contributed by atoms with Gasteiger partial charge in [-0.25, -0.2) is 15.0 Å². The topological polar surface area (TPSA) is 51.1 Å². The number of hydrogen-bond acceptors (Lipinski definition) is 6. The number of aryl methyl sites for hydroxylation is 1. The quantitative estimate of drug-likeness (QED) is 0.684. The summed E-state index contributed by atoms with van der Waals surface area (Å²) in [7, 11) is 0. The van der Waals surface area contributed by atoms with E-state index in [9.17, 15) is 0 Å². The van der Waals surface area contributed by atoms with E-state index in [1.54, 1.807) is 29.8 Å². The zero-order valence-electron chi connectivity index (χ0n) is 14.8. The number of rotatable bonds is 5. The minimum absolute atomic E-state index is 0.206. The first-order valence-electron chi connectivity index (χ1n) is 8.94. The van der Waals surface area contributed by atoms with Crippen molar-refractivity contribution in [3.05, 3.63) is 59.4 Å². The molecule has 3 heterocycles. The molecule has 0 atom stereocenters. The van der Waals surface area contributed by atoms with Crippen molar-refractivity contribution in [2.24, 2.45) is 0 Å². The lowest BCUT2D eigenvalue weighted by molar-refractivity contribution is 0.0897. The molecule has 1 fully saturated rings. The molecule has 0 spiro atoms. The number of nitrogens with zero attached hydrogens (tertiary/aromatic N) is 4. The van der Waals surface area contributed by atoms with Crippen LogP contribution in [-0.4, -0.2) is 39.0 Å². The predicted molar refractivity (Wildman–Crippen MR) is 103 cm³/mol. The normalized spacial score (nSPS) is 15.9. The summed E-state index contributed by atoms with van der Waals surface area (Å²) >= 11 is 1.79. The summed E-state index contributed by atoms with van der Waals surface area (Å²) in [6.07, 6.45) is 7.66. The van der Waals surface area contributed by atoms with Gasteiger partial charge in [-0.3, -0.25) is 4.90 Å². The van der Waals surface area contributed by atoms with Crippen LogP contribution in [0.4, 0.5) is 0 Å². The van der Waals surface area contributed by atoms with Crippen LogP contribution in [0.5, 0.6) is 6.01 Å². The third-order valence-electron chi connectivity index (χ3n) is 4.66. The molecule has 0 amide bonds. The summed E-state index contributed by atoms with van der Waals surface area (Å²) in [5.41, 5.74) is 2.51. The molecule has 0 aliphatic carbocycles. The standard InChI is InChI=1S/C20H22N4OS/c1-15-5-2-3-6-18(15)19-23-13-17(26-19)14-24-11-7-16(8-12-24)25-20-21-9-4-10-22-20/h2-6,9-10,13,16H,7-8,11-12,14H2,1H3. The SMILES string of the molecule is Cc1ccccc1-c1ncc(CN2CCC(Oc3ncccn3)CC2)s1. The summed E-state index contributed by atoms with van der Waals surface area (Å²) in [6, 6.07) is 10.7. The zero-order valence-corrected chi connectivity index (χ0v) is 15.7. The average molecular weight is 366 g/mol. The van der Waals surface area contributed by atoms with E-state index in [1.165, 1.54) is 16.0 Å². The van der Waals surface area contributed by atoms with Crippen LogP contribution in [0.25, 0.3) is 10.6 Å². The predicted octanol–water partition coefficient (Wildman–Crippen LogP) is 3.95. The van der Waals surface area contributed by atoms with Crippen molar-refractivity contribution in [3.63, 3.8) is 0 Å². The van der Waals surface area contributed by atoms with Gasteiger partial charge in [0.1, 0.15) is 11.1 Å². The van der Waals surface area contributed by atoms with Crippen LogP contribution in [0.15, 0.2) is 48.9 Å². The molecule has 1 saturated heterocycles. The molecule has 134 valence electrons. The lowest BCUT2D eigenvalue weighted by Gasteiger charge is -2.31. The number of benzene rings is 1. The Balaban J connectivity index is 1.32. The number of aromatic nitrogens is 3. The fraction of sp³-hybridized carbons (Fsp3) is 0.350. The summed E-state index contributed by atoms with van der Waals surface area (Å²) < 4.78 is 5.87. The van der Waals surface area contributed by atoms with Gasteiger partial charge in [-0.15, -0.1) is 11.3 Å². The first-order valence-corrected chi connectivity index (χ1v) is 9.76. The van der Waals surface area contributed by atoms with Gasteiger partial charge in [-0.1, -0.05) is 24.3 Å². The molecule has 1 aliphatic rings. The fourth-order valence-corrected chi connectivity index (χ4v) is 4.26. The van der Waals surface area contributed by atoms with E-state index in [4.69, 9.17) is 4.74 Å². The second-order valence-corrected chi connectivity index (χ2v) is 7.69. The smallest absolute Gasteiger partial charge is 0.316 e. The number of piperidine rings is 1. The third kappa shape index (κ3) is 4.08. The second-order valence-electron chi connectivity index (χ2n) is 6.57. The molecule has 5 nitrogen and oxygen atoms in total. The van der Waals surface area contributed by atoms with Gasteiger partial charge in [0.05, 0.1) is 0 Å². The maximum atomic E-state index is 5.87. The van der Waals surface area contributed by atoms with Gasteiger partial charge < -0.3 is 4.74 Å². The number of ether oxygens (including phenoxy) is 1. The maximum Gasteiger partial charge on any atom is 0.316 e. The Kier molecular flexibility index (Phi) is 5.22. The van der Waals surface area contributed by atoms with Crippen LogP contribution in [0.3, 0.4) is 0 Å².